The molecule has 0 aliphatic carbocycles. The number of hydrogen-bond donors (Lipinski definition) is 12. The number of amides is 14. The first-order valence-corrected chi connectivity index (χ1v) is 22.0. The fourth-order valence-corrected chi connectivity index (χ4v) is 6.50. The molecule has 14 amide bonds. The largest absolute Gasteiger partial charge is 0.338 e. The fraction of sp³-hybridized carbons (Fsp3) is 0.811. The molecule has 7 aliphatic heterocycles. The van der Waals surface area contributed by atoms with Gasteiger partial charge < -0.3 is 94.5 Å². The van der Waals surface area contributed by atoms with Gasteiger partial charge in [0, 0.05) is 157 Å². The average molecular weight is 885 g/mol. The van der Waals surface area contributed by atoms with E-state index in [-0.39, 0.29) is 42.2 Å². The molecule has 25 heteroatoms. The second-order valence-electron chi connectivity index (χ2n) is 14.7. The molecule has 7 fully saturated rings. The molecule has 0 aromatic carbocycles. The van der Waals surface area contributed by atoms with Crippen LogP contribution in [0.5, 0.6) is 0 Å². The van der Waals surface area contributed by atoms with Crippen molar-refractivity contribution < 1.29 is 33.6 Å². The first kappa shape index (κ1) is 52.9. The van der Waals surface area contributed by atoms with Crippen molar-refractivity contribution in [3.05, 3.63) is 0 Å². The molecule has 25 nitrogen and oxygen atoms in total. The zero-order valence-corrected chi connectivity index (χ0v) is 36.8. The summed E-state index contributed by atoms with van der Waals surface area (Å²) >= 11 is 0. The van der Waals surface area contributed by atoms with Crippen molar-refractivity contribution in [2.75, 3.05) is 164 Å². The molecule has 15 N–H and O–H groups in total. The van der Waals surface area contributed by atoms with Crippen LogP contribution < -0.4 is 65.1 Å². The molecule has 0 unspecified atom stereocenters. The Kier molecular flexibility index (Phi) is 27.7. The SMILES string of the molecule is CCCN1CCN(CCN)C1=O.NCCCCN1CCNC1=O.NCCN1CCNC1=O.O=C1NCCCN1.O=C1NCCN1.O=C1NCCN1CCNCCN1CCNC1=O. The van der Waals surface area contributed by atoms with Crippen molar-refractivity contribution in [1.82, 2.24) is 77.3 Å². The van der Waals surface area contributed by atoms with Crippen molar-refractivity contribution in [3.63, 3.8) is 0 Å². The van der Waals surface area contributed by atoms with Crippen LogP contribution in [0, 0.1) is 0 Å². The highest BCUT2D eigenvalue weighted by Crippen LogP contribution is 2.08. The molecule has 0 radical (unpaired) electrons. The van der Waals surface area contributed by atoms with Crippen LogP contribution in [0.25, 0.3) is 0 Å². The van der Waals surface area contributed by atoms with Crippen LogP contribution in [-0.4, -0.2) is 235 Å². The van der Waals surface area contributed by atoms with E-state index in [4.69, 9.17) is 17.2 Å². The maximum absolute atomic E-state index is 11.5. The van der Waals surface area contributed by atoms with E-state index in [2.05, 4.69) is 54.8 Å². The number of nitrogens with zero attached hydrogens (tertiary/aromatic N) is 6. The summed E-state index contributed by atoms with van der Waals surface area (Å²) in [5.74, 6) is 0. The summed E-state index contributed by atoms with van der Waals surface area (Å²) < 4.78 is 0. The molecular weight excluding hydrogens is 809 g/mol. The number of nitrogens with two attached hydrogens (primary N) is 3. The van der Waals surface area contributed by atoms with Gasteiger partial charge >= 0.3 is 42.2 Å². The van der Waals surface area contributed by atoms with Gasteiger partial charge in [-0.1, -0.05) is 6.92 Å². The Labute approximate surface area is 366 Å². The zero-order chi connectivity index (χ0) is 45.4. The van der Waals surface area contributed by atoms with Gasteiger partial charge in [-0.15, -0.1) is 0 Å². The van der Waals surface area contributed by atoms with Crippen molar-refractivity contribution in [2.24, 2.45) is 17.2 Å². The maximum Gasteiger partial charge on any atom is 0.320 e. The van der Waals surface area contributed by atoms with E-state index in [0.717, 1.165) is 163 Å². The van der Waals surface area contributed by atoms with Gasteiger partial charge in [-0.05, 0) is 32.2 Å². The topological polar surface area (TPSA) is 325 Å². The molecule has 0 aromatic heterocycles. The number of urea groups is 7. The molecule has 7 saturated heterocycles. The number of unbranched alkanes of at least 4 members (excludes halogenated alkanes) is 1. The number of carbonyl (C=O) groups is 7. The lowest BCUT2D eigenvalue weighted by molar-refractivity contribution is 0.193. The predicted octanol–water partition coefficient (Wildman–Crippen LogP) is -3.57. The van der Waals surface area contributed by atoms with Crippen LogP contribution in [0.4, 0.5) is 33.6 Å². The van der Waals surface area contributed by atoms with Gasteiger partial charge in [0.1, 0.15) is 0 Å². The molecule has 7 rings (SSSR count). The molecular formula is C37H76N18O7. The molecule has 0 bridgehead atoms. The number of rotatable bonds is 16. The lowest BCUT2D eigenvalue weighted by Gasteiger charge is -2.16. The smallest absolute Gasteiger partial charge is 0.320 e. The van der Waals surface area contributed by atoms with Crippen molar-refractivity contribution in [1.29, 1.82) is 0 Å². The summed E-state index contributed by atoms with van der Waals surface area (Å²) in [4.78, 5) is 86.7. The van der Waals surface area contributed by atoms with E-state index in [0.29, 0.717) is 26.2 Å². The van der Waals surface area contributed by atoms with E-state index < -0.39 is 0 Å². The number of carbonyl (C=O) groups excluding carboxylic acids is 7. The molecule has 0 saturated carbocycles. The van der Waals surface area contributed by atoms with Crippen LogP contribution in [0.1, 0.15) is 32.6 Å². The normalized spacial score (nSPS) is 18.7. The first-order valence-electron chi connectivity index (χ1n) is 22.0. The van der Waals surface area contributed by atoms with Gasteiger partial charge in [-0.25, -0.2) is 33.6 Å². The summed E-state index contributed by atoms with van der Waals surface area (Å²) in [5.41, 5.74) is 16.0. The van der Waals surface area contributed by atoms with Crippen LogP contribution in [0.3, 0.4) is 0 Å². The Balaban J connectivity index is 0.000000265. The lowest BCUT2D eigenvalue weighted by atomic mass is 10.3. The third-order valence-electron chi connectivity index (χ3n) is 9.87. The number of nitrogens with one attached hydrogen (secondary N) is 9. The summed E-state index contributed by atoms with van der Waals surface area (Å²) in [6.45, 7) is 21.2. The quantitative estimate of drug-likeness (QED) is 0.0673. The summed E-state index contributed by atoms with van der Waals surface area (Å²) in [5, 5.41) is 24.6. The Morgan fingerprint density at radius 2 is 0.806 bits per heavy atom. The minimum atomic E-state index is -0.0463. The highest BCUT2D eigenvalue weighted by atomic mass is 16.2. The summed E-state index contributed by atoms with van der Waals surface area (Å²) in [7, 11) is 0. The second kappa shape index (κ2) is 32.4. The van der Waals surface area contributed by atoms with Crippen molar-refractivity contribution in [3.8, 4) is 0 Å². The third kappa shape index (κ3) is 22.0. The maximum atomic E-state index is 11.5. The molecule has 7 heterocycles. The van der Waals surface area contributed by atoms with Gasteiger partial charge in [0.2, 0.25) is 0 Å². The molecule has 0 spiro atoms. The van der Waals surface area contributed by atoms with E-state index >= 15 is 0 Å². The Bertz CT molecular complexity index is 1290. The molecule has 0 aromatic rings. The number of hydrogen-bond acceptors (Lipinski definition) is 11. The molecule has 356 valence electrons. The van der Waals surface area contributed by atoms with Crippen LogP contribution in [-0.2, 0) is 0 Å². The predicted molar refractivity (Wildman–Crippen MR) is 235 cm³/mol. The van der Waals surface area contributed by atoms with Crippen LogP contribution in [0.15, 0.2) is 0 Å². The van der Waals surface area contributed by atoms with E-state index in [1.54, 1.807) is 14.7 Å². The lowest BCUT2D eigenvalue weighted by Crippen LogP contribution is -2.42. The van der Waals surface area contributed by atoms with E-state index in [1.165, 1.54) is 0 Å². The first-order chi connectivity index (χ1) is 30.0. The van der Waals surface area contributed by atoms with Gasteiger partial charge in [-0.2, -0.15) is 0 Å². The minimum Gasteiger partial charge on any atom is -0.338 e. The van der Waals surface area contributed by atoms with Gasteiger partial charge in [-0.3, -0.25) is 0 Å². The van der Waals surface area contributed by atoms with Crippen molar-refractivity contribution >= 4 is 42.2 Å². The third-order valence-corrected chi connectivity index (χ3v) is 9.87. The standard InChI is InChI=1S/C10H19N5O2.C8H17N3O.C7H15N3O.C5H11N3O.C4H8N2O.C3H6N2O/c16-9-12-3-7-14(9)5-1-11-2-6-15-8-4-13-10(15)17;1-2-4-10-6-7-11(5-3-9)8(10)12;8-3-1-2-5-10-6-4-9-7(10)11;6-1-3-8-4-2-7-5(8)9;7-4-5-2-1-3-6-4;6-3-4-1-2-5-3/h11H,1-8H2,(H,12,16)(H,13,17);2-7,9H2,1H3;1-6,8H2,(H,9,11);1-4,6H2,(H,7,9);1-3H2,(H2,5,6,7);1-2H2,(H2,4,5,6). The second-order valence-corrected chi connectivity index (χ2v) is 14.7. The Morgan fingerprint density at radius 1 is 0.419 bits per heavy atom. The van der Waals surface area contributed by atoms with Crippen LogP contribution >= 0.6 is 0 Å². The van der Waals surface area contributed by atoms with E-state index in [9.17, 15) is 33.6 Å². The zero-order valence-electron chi connectivity index (χ0n) is 36.8. The average Bonchev–Trinajstić information content (AvgIpc) is 4.16. The van der Waals surface area contributed by atoms with Gasteiger partial charge in [0.05, 0.1) is 0 Å². The minimum absolute atomic E-state index is 0.0143. The van der Waals surface area contributed by atoms with Crippen molar-refractivity contribution in [2.45, 2.75) is 32.6 Å². The van der Waals surface area contributed by atoms with Gasteiger partial charge in [0.15, 0.2) is 0 Å². The molecule has 0 atom stereocenters. The summed E-state index contributed by atoms with van der Waals surface area (Å²) in [6.07, 6.45) is 4.10. The van der Waals surface area contributed by atoms with E-state index in [1.807, 2.05) is 14.7 Å². The van der Waals surface area contributed by atoms with Crippen LogP contribution in [0.2, 0.25) is 0 Å². The highest BCUT2D eigenvalue weighted by Gasteiger charge is 2.26. The summed E-state index contributed by atoms with van der Waals surface area (Å²) in [6, 6.07) is 0.197. The monoisotopic (exact) mass is 885 g/mol. The fourth-order valence-electron chi connectivity index (χ4n) is 6.50. The van der Waals surface area contributed by atoms with Gasteiger partial charge in [0.25, 0.3) is 0 Å². The molecule has 62 heavy (non-hydrogen) atoms. The highest BCUT2D eigenvalue weighted by molar-refractivity contribution is 5.78. The Morgan fingerprint density at radius 3 is 1.15 bits per heavy atom. The molecule has 7 aliphatic rings. The Hall–Kier alpha value is -5.27.